The van der Waals surface area contributed by atoms with Gasteiger partial charge in [-0.25, -0.2) is 5.32 Å². The number of nitrogens with zero attached hydrogens (tertiary/aromatic N) is 1. The van der Waals surface area contributed by atoms with Crippen LogP contribution < -0.4 is 10.6 Å². The number of carbonyl (C=O) groups excluding carboxylic acids is 1. The average Bonchev–Trinajstić information content (AvgIpc) is 2.71. The van der Waals surface area contributed by atoms with Crippen molar-refractivity contribution in [3.05, 3.63) is 24.2 Å². The Morgan fingerprint density at radius 1 is 1.69 bits per heavy atom. The van der Waals surface area contributed by atoms with Crippen LogP contribution in [0.4, 0.5) is 0 Å². The molecule has 0 amide bonds. The Morgan fingerprint density at radius 2 is 2.62 bits per heavy atom. The predicted octanol–water partition coefficient (Wildman–Crippen LogP) is 0.0385. The van der Waals surface area contributed by atoms with Gasteiger partial charge < -0.3 is 9.73 Å². The first-order chi connectivity index (χ1) is 6.38. The lowest BCUT2D eigenvalue weighted by atomic mass is 10.1. The van der Waals surface area contributed by atoms with Gasteiger partial charge >= 0.3 is 0 Å². The average molecular weight is 179 g/mol. The van der Waals surface area contributed by atoms with E-state index in [1.54, 1.807) is 6.07 Å². The zero-order chi connectivity index (χ0) is 9.10. The van der Waals surface area contributed by atoms with Crippen molar-refractivity contribution in [1.29, 1.82) is 0 Å². The van der Waals surface area contributed by atoms with E-state index in [1.807, 2.05) is 0 Å². The van der Waals surface area contributed by atoms with Crippen LogP contribution in [0.25, 0.3) is 0 Å². The number of Topliss-reactive ketones (excluding diaryl/α,β-unsaturated/α-hetero) is 1. The number of rotatable bonds is 2. The maximum atomic E-state index is 11.7. The molecule has 1 aliphatic rings. The quantitative estimate of drug-likeness (QED) is 0.652. The summed E-state index contributed by atoms with van der Waals surface area (Å²) in [4.78, 5) is 11.7. The highest BCUT2D eigenvalue weighted by atomic mass is 16.3. The fourth-order valence-corrected chi connectivity index (χ4v) is 1.38. The van der Waals surface area contributed by atoms with Crippen molar-refractivity contribution in [3.8, 4) is 0 Å². The van der Waals surface area contributed by atoms with Crippen LogP contribution in [0.2, 0.25) is 0 Å². The van der Waals surface area contributed by atoms with E-state index >= 15 is 0 Å². The van der Waals surface area contributed by atoms with Gasteiger partial charge in [0.25, 0.3) is 0 Å². The molecule has 0 spiro atoms. The Balaban J connectivity index is 2.04. The van der Waals surface area contributed by atoms with E-state index in [2.05, 4.69) is 10.6 Å². The van der Waals surface area contributed by atoms with Gasteiger partial charge in [-0.3, -0.25) is 4.79 Å². The number of piperazine rings is 1. The molecule has 1 aliphatic heterocycles. The standard InChI is InChI=1S/C9H11N2O2/c12-9(7-1-4-13-6-7)8-5-10-2-3-11-8/h1,4,6,8,10H,2-3,5H2. The Labute approximate surface area is 76.3 Å². The lowest BCUT2D eigenvalue weighted by Gasteiger charge is -2.20. The molecule has 2 heterocycles. The lowest BCUT2D eigenvalue weighted by Crippen LogP contribution is -2.48. The van der Waals surface area contributed by atoms with Crippen LogP contribution in [0.3, 0.4) is 0 Å². The molecule has 1 N–H and O–H groups in total. The van der Waals surface area contributed by atoms with E-state index < -0.39 is 0 Å². The molecule has 69 valence electrons. The first-order valence-corrected chi connectivity index (χ1v) is 4.31. The lowest BCUT2D eigenvalue weighted by molar-refractivity contribution is 0.0931. The number of carbonyl (C=O) groups is 1. The zero-order valence-corrected chi connectivity index (χ0v) is 7.19. The second-order valence-electron chi connectivity index (χ2n) is 3.00. The minimum absolute atomic E-state index is 0.0425. The fraction of sp³-hybridized carbons (Fsp3) is 0.444. The molecule has 1 radical (unpaired) electrons. The molecule has 0 aromatic carbocycles. The molecule has 1 unspecified atom stereocenters. The molecule has 1 fully saturated rings. The van der Waals surface area contributed by atoms with Gasteiger partial charge in [-0.15, -0.1) is 0 Å². The maximum Gasteiger partial charge on any atom is 0.185 e. The van der Waals surface area contributed by atoms with Crippen molar-refractivity contribution < 1.29 is 9.21 Å². The van der Waals surface area contributed by atoms with Gasteiger partial charge in [0.05, 0.1) is 11.8 Å². The van der Waals surface area contributed by atoms with E-state index in [9.17, 15) is 4.79 Å². The van der Waals surface area contributed by atoms with Crippen molar-refractivity contribution >= 4 is 5.78 Å². The van der Waals surface area contributed by atoms with Crippen molar-refractivity contribution in [2.24, 2.45) is 0 Å². The van der Waals surface area contributed by atoms with Crippen molar-refractivity contribution in [2.45, 2.75) is 6.04 Å². The number of furan rings is 1. The van der Waals surface area contributed by atoms with Crippen LogP contribution in [-0.4, -0.2) is 31.5 Å². The third-order valence-corrected chi connectivity index (χ3v) is 2.08. The smallest absolute Gasteiger partial charge is 0.185 e. The molecular formula is C9H11N2O2. The predicted molar refractivity (Wildman–Crippen MR) is 46.7 cm³/mol. The minimum Gasteiger partial charge on any atom is -0.472 e. The summed E-state index contributed by atoms with van der Waals surface area (Å²) in [6, 6.07) is 1.44. The molecule has 1 aromatic rings. The summed E-state index contributed by atoms with van der Waals surface area (Å²) in [5.74, 6) is 0.0425. The highest BCUT2D eigenvalue weighted by Gasteiger charge is 2.23. The van der Waals surface area contributed by atoms with Crippen LogP contribution in [0.15, 0.2) is 23.0 Å². The van der Waals surface area contributed by atoms with Gasteiger partial charge in [-0.1, -0.05) is 0 Å². The molecule has 2 rings (SSSR count). The van der Waals surface area contributed by atoms with E-state index in [4.69, 9.17) is 4.42 Å². The molecule has 1 atom stereocenters. The maximum absolute atomic E-state index is 11.7. The molecule has 0 saturated carbocycles. The zero-order valence-electron chi connectivity index (χ0n) is 7.19. The summed E-state index contributed by atoms with van der Waals surface area (Å²) in [5, 5.41) is 7.36. The molecule has 4 nitrogen and oxygen atoms in total. The summed E-state index contributed by atoms with van der Waals surface area (Å²) < 4.78 is 4.84. The van der Waals surface area contributed by atoms with Crippen LogP contribution in [0.1, 0.15) is 10.4 Å². The molecule has 1 saturated heterocycles. The first-order valence-electron chi connectivity index (χ1n) is 4.31. The molecule has 1 aromatic heterocycles. The summed E-state index contributed by atoms with van der Waals surface area (Å²) in [5.41, 5.74) is 0.609. The highest BCUT2D eigenvalue weighted by Crippen LogP contribution is 2.05. The monoisotopic (exact) mass is 179 g/mol. The van der Waals surface area contributed by atoms with Crippen molar-refractivity contribution in [1.82, 2.24) is 10.6 Å². The van der Waals surface area contributed by atoms with Crippen molar-refractivity contribution in [3.63, 3.8) is 0 Å². The normalized spacial score (nSPS) is 22.9. The minimum atomic E-state index is -0.230. The largest absolute Gasteiger partial charge is 0.472 e. The summed E-state index contributed by atoms with van der Waals surface area (Å²) in [7, 11) is 0. The number of ketones is 1. The third kappa shape index (κ3) is 1.79. The molecule has 0 aliphatic carbocycles. The number of nitrogens with one attached hydrogen (secondary N) is 1. The Bertz CT molecular complexity index is 276. The van der Waals surface area contributed by atoms with Gasteiger partial charge in [0, 0.05) is 19.6 Å². The van der Waals surface area contributed by atoms with Crippen LogP contribution in [-0.2, 0) is 0 Å². The van der Waals surface area contributed by atoms with E-state index in [0.717, 1.165) is 6.54 Å². The first kappa shape index (κ1) is 8.47. The van der Waals surface area contributed by atoms with E-state index in [-0.39, 0.29) is 11.8 Å². The summed E-state index contributed by atoms with van der Waals surface area (Å²) in [6.07, 6.45) is 2.97. The molecule has 0 bridgehead atoms. The van der Waals surface area contributed by atoms with Gasteiger partial charge in [0.2, 0.25) is 0 Å². The van der Waals surface area contributed by atoms with E-state index in [0.29, 0.717) is 18.7 Å². The second-order valence-corrected chi connectivity index (χ2v) is 3.00. The Kier molecular flexibility index (Phi) is 2.42. The van der Waals surface area contributed by atoms with Crippen molar-refractivity contribution in [2.75, 3.05) is 19.6 Å². The number of hydrogen-bond donors (Lipinski definition) is 1. The Hall–Kier alpha value is -1.13. The molecular weight excluding hydrogens is 168 g/mol. The number of hydrogen-bond acceptors (Lipinski definition) is 3. The topological polar surface area (TPSA) is 56.3 Å². The third-order valence-electron chi connectivity index (χ3n) is 2.08. The molecule has 4 heteroatoms. The summed E-state index contributed by atoms with van der Waals surface area (Å²) in [6.45, 7) is 2.23. The SMILES string of the molecule is O=C(c1ccoc1)C1CNCC[N]1. The van der Waals surface area contributed by atoms with Gasteiger partial charge in [0.1, 0.15) is 12.3 Å². The van der Waals surface area contributed by atoms with Crippen LogP contribution in [0, 0.1) is 0 Å². The molecule has 13 heavy (non-hydrogen) atoms. The Morgan fingerprint density at radius 3 is 3.23 bits per heavy atom. The van der Waals surface area contributed by atoms with Gasteiger partial charge in [-0.2, -0.15) is 0 Å². The summed E-state index contributed by atoms with van der Waals surface area (Å²) >= 11 is 0. The van der Waals surface area contributed by atoms with Crippen LogP contribution in [0.5, 0.6) is 0 Å². The highest BCUT2D eigenvalue weighted by molar-refractivity contribution is 6.00. The fourth-order valence-electron chi connectivity index (χ4n) is 1.38. The van der Waals surface area contributed by atoms with E-state index in [1.165, 1.54) is 12.5 Å². The van der Waals surface area contributed by atoms with Gasteiger partial charge in [0.15, 0.2) is 5.78 Å². The van der Waals surface area contributed by atoms with Crippen LogP contribution >= 0.6 is 0 Å². The van der Waals surface area contributed by atoms with Gasteiger partial charge in [-0.05, 0) is 6.07 Å². The second kappa shape index (κ2) is 3.72.